The fraction of sp³-hybridized carbons (Fsp3) is 0.286. The highest BCUT2D eigenvalue weighted by atomic mass is 16.5. The first-order valence-corrected chi connectivity index (χ1v) is 9.06. The summed E-state index contributed by atoms with van der Waals surface area (Å²) in [6, 6.07) is 10.9. The van der Waals surface area contributed by atoms with Crippen molar-refractivity contribution >= 4 is 23.4 Å². The molecule has 2 aromatic rings. The van der Waals surface area contributed by atoms with E-state index in [1.165, 1.54) is 14.2 Å². The molecule has 0 aromatic heterocycles. The van der Waals surface area contributed by atoms with E-state index in [4.69, 9.17) is 9.47 Å². The molecule has 0 N–H and O–H groups in total. The Hall–Kier alpha value is -3.35. The third-order valence-corrected chi connectivity index (χ3v) is 5.20. The van der Waals surface area contributed by atoms with Gasteiger partial charge in [0, 0.05) is 18.2 Å². The fourth-order valence-electron chi connectivity index (χ4n) is 3.81. The number of carbonyl (C=O) groups is 3. The van der Waals surface area contributed by atoms with Crippen molar-refractivity contribution in [3.8, 4) is 11.5 Å². The van der Waals surface area contributed by atoms with Crippen LogP contribution in [0.3, 0.4) is 0 Å². The molecule has 0 aliphatic carbocycles. The Balaban J connectivity index is 1.85. The average molecular weight is 380 g/mol. The minimum atomic E-state index is -0.628. The van der Waals surface area contributed by atoms with Crippen LogP contribution in [0.2, 0.25) is 0 Å². The lowest BCUT2D eigenvalue weighted by Crippen LogP contribution is -2.47. The molecule has 7 nitrogen and oxygen atoms in total. The quantitative estimate of drug-likeness (QED) is 0.765. The van der Waals surface area contributed by atoms with Crippen LogP contribution in [-0.4, -0.2) is 49.4 Å². The normalized spacial score (nSPS) is 18.4. The summed E-state index contributed by atoms with van der Waals surface area (Å²) < 4.78 is 10.5. The molecule has 7 heteroatoms. The van der Waals surface area contributed by atoms with Crippen molar-refractivity contribution < 1.29 is 23.9 Å². The minimum Gasteiger partial charge on any atom is -0.497 e. The summed E-state index contributed by atoms with van der Waals surface area (Å²) in [7, 11) is 2.98. The Morgan fingerprint density at radius 2 is 1.71 bits per heavy atom. The van der Waals surface area contributed by atoms with Crippen molar-refractivity contribution in [2.45, 2.75) is 18.9 Å². The van der Waals surface area contributed by atoms with Gasteiger partial charge in [-0.1, -0.05) is 12.1 Å². The van der Waals surface area contributed by atoms with Crippen LogP contribution >= 0.6 is 0 Å². The fourth-order valence-corrected chi connectivity index (χ4v) is 3.81. The van der Waals surface area contributed by atoms with E-state index in [2.05, 4.69) is 0 Å². The summed E-state index contributed by atoms with van der Waals surface area (Å²) in [5, 5.41) is 0. The largest absolute Gasteiger partial charge is 0.497 e. The van der Waals surface area contributed by atoms with Crippen LogP contribution in [0.1, 0.15) is 33.6 Å². The first-order chi connectivity index (χ1) is 13.5. The molecule has 1 saturated heterocycles. The Morgan fingerprint density at radius 1 is 1.04 bits per heavy atom. The molecule has 1 fully saturated rings. The van der Waals surface area contributed by atoms with Crippen LogP contribution in [-0.2, 0) is 4.79 Å². The number of carbonyl (C=O) groups excluding carboxylic acids is 3. The SMILES string of the molecule is COc1cc(OC)cc(C(=O)N2C(=O)[C@H]3CCCN3C(=O)c3ccccc32)c1. The Bertz CT molecular complexity index is 949. The van der Waals surface area contributed by atoms with E-state index in [0.717, 1.165) is 11.3 Å². The molecule has 2 aliphatic heterocycles. The molecule has 3 amide bonds. The zero-order valence-corrected chi connectivity index (χ0v) is 15.7. The van der Waals surface area contributed by atoms with E-state index in [-0.39, 0.29) is 17.4 Å². The number of ether oxygens (including phenoxy) is 2. The van der Waals surface area contributed by atoms with Gasteiger partial charge in [0.25, 0.3) is 17.7 Å². The van der Waals surface area contributed by atoms with E-state index in [1.807, 2.05) is 0 Å². The van der Waals surface area contributed by atoms with Gasteiger partial charge in [-0.25, -0.2) is 4.90 Å². The number of methoxy groups -OCH3 is 2. The van der Waals surface area contributed by atoms with Crippen molar-refractivity contribution in [1.29, 1.82) is 0 Å². The van der Waals surface area contributed by atoms with Crippen molar-refractivity contribution in [2.24, 2.45) is 0 Å². The molecule has 0 radical (unpaired) electrons. The lowest BCUT2D eigenvalue weighted by molar-refractivity contribution is -0.121. The first-order valence-electron chi connectivity index (χ1n) is 9.06. The lowest BCUT2D eigenvalue weighted by atomic mass is 10.1. The van der Waals surface area contributed by atoms with Gasteiger partial charge in [-0.2, -0.15) is 0 Å². The average Bonchev–Trinajstić information content (AvgIpc) is 3.20. The highest BCUT2D eigenvalue weighted by Crippen LogP contribution is 2.34. The zero-order chi connectivity index (χ0) is 19.8. The Morgan fingerprint density at radius 3 is 2.39 bits per heavy atom. The molecule has 144 valence electrons. The van der Waals surface area contributed by atoms with Gasteiger partial charge in [0.2, 0.25) is 0 Å². The van der Waals surface area contributed by atoms with E-state index in [0.29, 0.717) is 35.7 Å². The number of hydrogen-bond donors (Lipinski definition) is 0. The highest BCUT2D eigenvalue weighted by Gasteiger charge is 2.44. The Kier molecular flexibility index (Phi) is 4.50. The predicted octanol–water partition coefficient (Wildman–Crippen LogP) is 2.50. The number of para-hydroxylation sites is 1. The van der Waals surface area contributed by atoms with Crippen molar-refractivity contribution in [3.05, 3.63) is 53.6 Å². The van der Waals surface area contributed by atoms with Gasteiger partial charge in [0.15, 0.2) is 0 Å². The topological polar surface area (TPSA) is 76.2 Å². The van der Waals surface area contributed by atoms with E-state index in [9.17, 15) is 14.4 Å². The number of benzene rings is 2. The number of hydrogen-bond acceptors (Lipinski definition) is 5. The van der Waals surface area contributed by atoms with Crippen LogP contribution in [0.15, 0.2) is 42.5 Å². The summed E-state index contributed by atoms with van der Waals surface area (Å²) in [6.45, 7) is 0.512. The number of fused-ring (bicyclic) bond motifs is 2. The van der Waals surface area contributed by atoms with Gasteiger partial charge in [-0.05, 0) is 37.1 Å². The minimum absolute atomic E-state index is 0.218. The number of amides is 3. The molecule has 0 unspecified atom stereocenters. The molecule has 2 aromatic carbocycles. The molecule has 0 spiro atoms. The standard InChI is InChI=1S/C21H20N2O5/c1-27-14-10-13(11-15(12-14)28-2)19(24)23-17-7-4-3-6-16(17)20(25)22-9-5-8-18(22)21(23)26/h3-4,6-7,10-12,18H,5,8-9H2,1-2H3/t18-/m1/s1. The van der Waals surface area contributed by atoms with Crippen LogP contribution in [0.25, 0.3) is 0 Å². The summed E-state index contributed by atoms with van der Waals surface area (Å²) in [5.41, 5.74) is 0.903. The summed E-state index contributed by atoms with van der Waals surface area (Å²) in [6.07, 6.45) is 1.28. The van der Waals surface area contributed by atoms with Crippen LogP contribution in [0, 0.1) is 0 Å². The number of imide groups is 1. The smallest absolute Gasteiger partial charge is 0.265 e. The third-order valence-electron chi connectivity index (χ3n) is 5.20. The van der Waals surface area contributed by atoms with Crippen LogP contribution < -0.4 is 14.4 Å². The van der Waals surface area contributed by atoms with Gasteiger partial charge in [-0.3, -0.25) is 14.4 Å². The zero-order valence-electron chi connectivity index (χ0n) is 15.7. The van der Waals surface area contributed by atoms with Crippen LogP contribution in [0.5, 0.6) is 11.5 Å². The maximum absolute atomic E-state index is 13.4. The van der Waals surface area contributed by atoms with E-state index < -0.39 is 11.9 Å². The predicted molar refractivity (Wildman–Crippen MR) is 102 cm³/mol. The van der Waals surface area contributed by atoms with Crippen molar-refractivity contribution in [2.75, 3.05) is 25.7 Å². The maximum Gasteiger partial charge on any atom is 0.265 e. The maximum atomic E-state index is 13.4. The molecule has 1 atom stereocenters. The first kappa shape index (κ1) is 18.0. The number of nitrogens with zero attached hydrogens (tertiary/aromatic N) is 2. The monoisotopic (exact) mass is 380 g/mol. The highest BCUT2D eigenvalue weighted by molar-refractivity contribution is 6.26. The molecule has 2 aliphatic rings. The van der Waals surface area contributed by atoms with Crippen molar-refractivity contribution in [1.82, 2.24) is 4.90 Å². The molecule has 0 bridgehead atoms. The molecule has 28 heavy (non-hydrogen) atoms. The lowest BCUT2D eigenvalue weighted by Gasteiger charge is -2.24. The summed E-state index contributed by atoms with van der Waals surface area (Å²) in [4.78, 5) is 42.4. The Labute approximate surface area is 162 Å². The molecule has 0 saturated carbocycles. The second-order valence-electron chi connectivity index (χ2n) is 6.75. The second kappa shape index (κ2) is 6.99. The number of rotatable bonds is 3. The molecule has 4 rings (SSSR count). The molecule has 2 heterocycles. The number of anilines is 1. The van der Waals surface area contributed by atoms with Gasteiger partial charge in [0.1, 0.15) is 17.5 Å². The molecular weight excluding hydrogens is 360 g/mol. The molecular formula is C21H20N2O5. The summed E-state index contributed by atoms with van der Waals surface area (Å²) >= 11 is 0. The van der Waals surface area contributed by atoms with Gasteiger partial charge in [-0.15, -0.1) is 0 Å². The van der Waals surface area contributed by atoms with Gasteiger partial charge >= 0.3 is 0 Å². The van der Waals surface area contributed by atoms with Gasteiger partial charge in [0.05, 0.1) is 25.5 Å². The van der Waals surface area contributed by atoms with Crippen molar-refractivity contribution in [3.63, 3.8) is 0 Å². The van der Waals surface area contributed by atoms with Gasteiger partial charge < -0.3 is 14.4 Å². The summed E-state index contributed by atoms with van der Waals surface area (Å²) in [5.74, 6) is -0.239. The van der Waals surface area contributed by atoms with E-state index in [1.54, 1.807) is 47.4 Å². The van der Waals surface area contributed by atoms with Crippen LogP contribution in [0.4, 0.5) is 5.69 Å². The third kappa shape index (κ3) is 2.79. The van der Waals surface area contributed by atoms with E-state index >= 15 is 0 Å². The second-order valence-corrected chi connectivity index (χ2v) is 6.75.